The molecule has 3 aliphatic rings. The van der Waals surface area contributed by atoms with E-state index in [9.17, 15) is 15.0 Å². The molecule has 0 aromatic heterocycles. The normalized spacial score (nSPS) is 43.1. The molecule has 4 atom stereocenters. The number of amides is 1. The Hall–Kier alpha value is -1.75. The Morgan fingerprint density at radius 1 is 1.68 bits per heavy atom. The van der Waals surface area contributed by atoms with Crippen molar-refractivity contribution in [1.82, 2.24) is 10.2 Å². The molecule has 104 valence electrons. The van der Waals surface area contributed by atoms with E-state index < -0.39 is 36.3 Å². The van der Waals surface area contributed by atoms with Crippen LogP contribution in [0.1, 0.15) is 6.42 Å². The molecule has 3 aliphatic heterocycles. The maximum absolute atomic E-state index is 11.7. The molecular formula is C9H13N5O5. The van der Waals surface area contributed by atoms with Gasteiger partial charge >= 0.3 is 0 Å². The molecule has 3 heterocycles. The fraction of sp³-hybridized carbons (Fsp3) is 0.667. The van der Waals surface area contributed by atoms with Crippen molar-refractivity contribution in [2.45, 2.75) is 30.9 Å². The summed E-state index contributed by atoms with van der Waals surface area (Å²) in [7, 11) is 0. The number of nitrogens with two attached hydrogens (primary N) is 1. The molecule has 10 nitrogen and oxygen atoms in total. The number of carbonyl (C=O) groups excluding carboxylic acids is 1. The number of amidine groups is 1. The van der Waals surface area contributed by atoms with Gasteiger partial charge in [-0.3, -0.25) is 15.1 Å². The van der Waals surface area contributed by atoms with Crippen LogP contribution in [0, 0.1) is 5.41 Å². The molecule has 0 aromatic carbocycles. The van der Waals surface area contributed by atoms with E-state index in [2.05, 4.69) is 10.3 Å². The summed E-state index contributed by atoms with van der Waals surface area (Å²) in [6.07, 6.45) is -2.69. The molecule has 0 saturated carbocycles. The monoisotopic (exact) mass is 271 g/mol. The summed E-state index contributed by atoms with van der Waals surface area (Å²) in [5, 5.41) is 29.7. The standard InChI is InChI=1S/C9H13N5O5/c10-7(11)12-5-6(16)13-8-14(5)9(17)1-3(15)4(19-9)2-18-8/h3-4,8,15,17H,1-2H2,(H3,10,11)(H,13,16)/b12-5+/t3-,4+,8?,9-/m0/s1. The number of hydrogen-bond donors (Lipinski definition) is 5. The number of aliphatic imine (C=N–C) groups is 1. The van der Waals surface area contributed by atoms with Crippen LogP contribution < -0.4 is 11.1 Å². The van der Waals surface area contributed by atoms with Gasteiger partial charge in [0, 0.05) is 0 Å². The highest BCUT2D eigenvalue weighted by Crippen LogP contribution is 2.37. The van der Waals surface area contributed by atoms with Gasteiger partial charge in [0.1, 0.15) is 6.10 Å². The predicted molar refractivity (Wildman–Crippen MR) is 59.5 cm³/mol. The maximum Gasteiger partial charge on any atom is 0.290 e. The summed E-state index contributed by atoms with van der Waals surface area (Å²) >= 11 is 0. The van der Waals surface area contributed by atoms with Crippen LogP contribution in [-0.2, 0) is 14.3 Å². The van der Waals surface area contributed by atoms with Crippen molar-refractivity contribution < 1.29 is 24.5 Å². The molecular weight excluding hydrogens is 258 g/mol. The average molecular weight is 271 g/mol. The lowest BCUT2D eigenvalue weighted by Crippen LogP contribution is -2.55. The number of carbonyl (C=O) groups is 1. The van der Waals surface area contributed by atoms with E-state index in [0.717, 1.165) is 4.90 Å². The van der Waals surface area contributed by atoms with Crippen molar-refractivity contribution in [3.8, 4) is 0 Å². The molecule has 3 fully saturated rings. The molecule has 2 bridgehead atoms. The third-order valence-corrected chi connectivity index (χ3v) is 3.19. The Kier molecular flexibility index (Phi) is 2.50. The number of nitrogens with zero attached hydrogens (tertiary/aromatic N) is 2. The van der Waals surface area contributed by atoms with Crippen molar-refractivity contribution in [3.05, 3.63) is 0 Å². The van der Waals surface area contributed by atoms with Gasteiger partial charge in [0.2, 0.25) is 18.1 Å². The summed E-state index contributed by atoms with van der Waals surface area (Å²) in [6.45, 7) is 0.0122. The third kappa shape index (κ3) is 1.76. The van der Waals surface area contributed by atoms with Crippen LogP contribution in [0.2, 0.25) is 0 Å². The number of hydrogen-bond acceptors (Lipinski definition) is 6. The van der Waals surface area contributed by atoms with Crippen LogP contribution in [0.5, 0.6) is 0 Å². The van der Waals surface area contributed by atoms with Crippen molar-refractivity contribution >= 4 is 17.7 Å². The summed E-state index contributed by atoms with van der Waals surface area (Å²) < 4.78 is 10.7. The molecule has 3 saturated heterocycles. The first kappa shape index (κ1) is 12.3. The largest absolute Gasteiger partial charge is 0.390 e. The van der Waals surface area contributed by atoms with Gasteiger partial charge in [-0.25, -0.2) is 0 Å². The van der Waals surface area contributed by atoms with Crippen LogP contribution in [0.3, 0.4) is 0 Å². The molecule has 0 spiro atoms. The summed E-state index contributed by atoms with van der Waals surface area (Å²) in [6, 6.07) is 0. The van der Waals surface area contributed by atoms with Gasteiger partial charge in [-0.15, -0.1) is 0 Å². The summed E-state index contributed by atoms with van der Waals surface area (Å²) in [5.41, 5.74) is 5.14. The van der Waals surface area contributed by atoms with Gasteiger partial charge in [0.15, 0.2) is 0 Å². The highest BCUT2D eigenvalue weighted by Gasteiger charge is 2.58. The van der Waals surface area contributed by atoms with Gasteiger partial charge in [-0.05, 0) is 0 Å². The minimum atomic E-state index is -1.92. The minimum Gasteiger partial charge on any atom is -0.390 e. The van der Waals surface area contributed by atoms with E-state index in [4.69, 9.17) is 20.6 Å². The fourth-order valence-corrected chi connectivity index (χ4v) is 2.40. The zero-order valence-electron chi connectivity index (χ0n) is 9.74. The van der Waals surface area contributed by atoms with Crippen molar-refractivity contribution in [3.63, 3.8) is 0 Å². The minimum absolute atomic E-state index is 0.0122. The highest BCUT2D eigenvalue weighted by atomic mass is 16.7. The fourth-order valence-electron chi connectivity index (χ4n) is 2.40. The zero-order valence-corrected chi connectivity index (χ0v) is 9.74. The zero-order chi connectivity index (χ0) is 13.8. The first-order valence-corrected chi connectivity index (χ1v) is 5.63. The van der Waals surface area contributed by atoms with Gasteiger partial charge in [-0.1, -0.05) is 0 Å². The lowest BCUT2D eigenvalue weighted by molar-refractivity contribution is -0.264. The highest BCUT2D eigenvalue weighted by molar-refractivity contribution is 6.41. The Labute approximate surface area is 107 Å². The molecule has 0 radical (unpaired) electrons. The molecule has 0 aromatic rings. The second kappa shape index (κ2) is 3.87. The van der Waals surface area contributed by atoms with Crippen LogP contribution in [0.4, 0.5) is 0 Å². The Morgan fingerprint density at radius 3 is 3.11 bits per heavy atom. The van der Waals surface area contributed by atoms with Gasteiger partial charge in [-0.2, -0.15) is 4.99 Å². The second-order valence-electron chi connectivity index (χ2n) is 4.52. The maximum atomic E-state index is 11.7. The molecule has 3 rings (SSSR count). The Balaban J connectivity index is 2.02. The lowest BCUT2D eigenvalue weighted by Gasteiger charge is -2.34. The van der Waals surface area contributed by atoms with E-state index >= 15 is 0 Å². The number of rotatable bonds is 0. The van der Waals surface area contributed by atoms with Crippen molar-refractivity contribution in [1.29, 1.82) is 5.41 Å². The average Bonchev–Trinajstić information content (AvgIpc) is 2.69. The SMILES string of the molecule is N=C(N)/N=C1\C(=O)NC2OC[C@H]3O[C@@](O)(C[C@@H]3O)N12. The van der Waals surface area contributed by atoms with Gasteiger partial charge < -0.3 is 30.7 Å². The number of guanidine groups is 1. The molecule has 6 N–H and O–H groups in total. The van der Waals surface area contributed by atoms with Crippen LogP contribution in [0.25, 0.3) is 0 Å². The number of aliphatic hydroxyl groups is 2. The number of ether oxygens (including phenoxy) is 2. The first-order chi connectivity index (χ1) is 8.90. The van der Waals surface area contributed by atoms with E-state index in [1.54, 1.807) is 0 Å². The molecule has 10 heteroatoms. The van der Waals surface area contributed by atoms with Crippen LogP contribution in [0.15, 0.2) is 4.99 Å². The second-order valence-corrected chi connectivity index (χ2v) is 4.52. The molecule has 19 heavy (non-hydrogen) atoms. The van der Waals surface area contributed by atoms with E-state index in [1.807, 2.05) is 0 Å². The molecule has 0 aliphatic carbocycles. The van der Waals surface area contributed by atoms with E-state index in [1.165, 1.54) is 0 Å². The first-order valence-electron chi connectivity index (χ1n) is 5.63. The lowest BCUT2D eigenvalue weighted by atomic mass is 10.1. The number of aliphatic hydroxyl groups excluding tert-OH is 1. The number of fused-ring (bicyclic) bond motifs is 4. The molecule has 1 amide bonds. The Bertz CT molecular complexity index is 482. The van der Waals surface area contributed by atoms with Crippen LogP contribution >= 0.6 is 0 Å². The predicted octanol–water partition coefficient (Wildman–Crippen LogP) is -3.18. The Morgan fingerprint density at radius 2 is 2.42 bits per heavy atom. The molecule has 1 unspecified atom stereocenters. The number of nitrogens with one attached hydrogen (secondary N) is 2. The van der Waals surface area contributed by atoms with Crippen molar-refractivity contribution in [2.75, 3.05) is 6.61 Å². The summed E-state index contributed by atoms with van der Waals surface area (Å²) in [5.74, 6) is -3.43. The quantitative estimate of drug-likeness (QED) is 0.230. The van der Waals surface area contributed by atoms with E-state index in [-0.39, 0.29) is 18.9 Å². The van der Waals surface area contributed by atoms with E-state index in [0.29, 0.717) is 0 Å². The smallest absolute Gasteiger partial charge is 0.290 e. The summed E-state index contributed by atoms with van der Waals surface area (Å²) in [4.78, 5) is 16.4. The van der Waals surface area contributed by atoms with Crippen molar-refractivity contribution in [2.24, 2.45) is 10.7 Å². The topological polar surface area (TPSA) is 153 Å². The third-order valence-electron chi connectivity index (χ3n) is 3.19. The van der Waals surface area contributed by atoms with Crippen LogP contribution in [-0.4, -0.2) is 63.9 Å². The van der Waals surface area contributed by atoms with Gasteiger partial charge in [0.25, 0.3) is 11.8 Å². The van der Waals surface area contributed by atoms with Gasteiger partial charge in [0.05, 0.1) is 19.1 Å².